The number of carboxylic acids is 1. The third-order valence-corrected chi connectivity index (χ3v) is 4.65. The fourth-order valence-electron chi connectivity index (χ4n) is 3.02. The molecular weight excluding hydrogens is 402 g/mol. The smallest absolute Gasteiger partial charge is 0.326 e. The first kappa shape index (κ1) is 21.9. The Morgan fingerprint density at radius 3 is 2.61 bits per heavy atom. The summed E-state index contributed by atoms with van der Waals surface area (Å²) in [5, 5.41) is 11.6. The van der Waals surface area contributed by atoms with E-state index in [0.717, 1.165) is 5.56 Å². The predicted molar refractivity (Wildman–Crippen MR) is 112 cm³/mol. The van der Waals surface area contributed by atoms with Crippen molar-refractivity contribution in [3.05, 3.63) is 59.4 Å². The van der Waals surface area contributed by atoms with E-state index >= 15 is 0 Å². The van der Waals surface area contributed by atoms with Gasteiger partial charge in [0.25, 0.3) is 5.91 Å². The highest BCUT2D eigenvalue weighted by Crippen LogP contribution is 2.35. The monoisotopic (exact) mass is 425 g/mol. The molecule has 0 unspecified atom stereocenters. The number of carbonyl (C=O) groups excluding carboxylic acids is 2. The molecule has 0 radical (unpaired) electrons. The quantitative estimate of drug-likeness (QED) is 0.626. The zero-order valence-corrected chi connectivity index (χ0v) is 17.4. The molecule has 0 aromatic heterocycles. The predicted octanol–water partition coefficient (Wildman–Crippen LogP) is 2.92. The Morgan fingerprint density at radius 2 is 1.94 bits per heavy atom. The summed E-state index contributed by atoms with van der Waals surface area (Å²) in [5.74, 6) is -0.726. The van der Waals surface area contributed by atoms with Crippen LogP contribution in [0.1, 0.15) is 29.8 Å². The van der Waals surface area contributed by atoms with Crippen molar-refractivity contribution < 1.29 is 33.7 Å². The van der Waals surface area contributed by atoms with Crippen LogP contribution in [0.4, 0.5) is 0 Å². The number of ketones is 1. The minimum Gasteiger partial charge on any atom is -0.497 e. The topological polar surface area (TPSA) is 111 Å². The van der Waals surface area contributed by atoms with Crippen molar-refractivity contribution in [1.82, 2.24) is 5.32 Å². The van der Waals surface area contributed by atoms with Gasteiger partial charge in [-0.05, 0) is 41.8 Å². The molecule has 0 bridgehead atoms. The number of fused-ring (bicyclic) bond motifs is 1. The largest absolute Gasteiger partial charge is 0.497 e. The summed E-state index contributed by atoms with van der Waals surface area (Å²) in [6.07, 6.45) is 1.62. The molecule has 0 aliphatic carbocycles. The second-order valence-corrected chi connectivity index (χ2v) is 7.29. The number of Topliss-reactive ketones (excluding diaryl/α,β-unsaturated/α-hetero) is 1. The lowest BCUT2D eigenvalue weighted by molar-refractivity contribution is -0.143. The van der Waals surface area contributed by atoms with Gasteiger partial charge in [0, 0.05) is 6.07 Å². The number of amides is 1. The van der Waals surface area contributed by atoms with Crippen LogP contribution in [0.15, 0.2) is 48.2 Å². The van der Waals surface area contributed by atoms with Crippen molar-refractivity contribution in [2.45, 2.75) is 19.9 Å². The third kappa shape index (κ3) is 5.22. The van der Waals surface area contributed by atoms with Crippen LogP contribution in [0, 0.1) is 5.92 Å². The van der Waals surface area contributed by atoms with Crippen LogP contribution in [0.2, 0.25) is 0 Å². The van der Waals surface area contributed by atoms with Gasteiger partial charge in [0.15, 0.2) is 12.4 Å². The summed E-state index contributed by atoms with van der Waals surface area (Å²) in [5.41, 5.74) is 1.14. The fourth-order valence-corrected chi connectivity index (χ4v) is 3.02. The maximum absolute atomic E-state index is 12.6. The zero-order chi connectivity index (χ0) is 22.5. The highest BCUT2D eigenvalue weighted by molar-refractivity contribution is 6.14. The van der Waals surface area contributed by atoms with Crippen LogP contribution >= 0.6 is 0 Å². The van der Waals surface area contributed by atoms with Gasteiger partial charge in [0.2, 0.25) is 5.78 Å². The van der Waals surface area contributed by atoms with Gasteiger partial charge in [-0.2, -0.15) is 0 Å². The molecule has 3 rings (SSSR count). The van der Waals surface area contributed by atoms with E-state index in [1.54, 1.807) is 51.3 Å². The second-order valence-electron chi connectivity index (χ2n) is 7.29. The first-order valence-corrected chi connectivity index (χ1v) is 9.66. The van der Waals surface area contributed by atoms with Crippen molar-refractivity contribution in [3.8, 4) is 17.2 Å². The highest BCUT2D eigenvalue weighted by atomic mass is 16.5. The molecule has 1 amide bonds. The van der Waals surface area contributed by atoms with Gasteiger partial charge in [0.05, 0.1) is 12.7 Å². The number of hydrogen-bond acceptors (Lipinski definition) is 6. The Morgan fingerprint density at radius 1 is 1.16 bits per heavy atom. The van der Waals surface area contributed by atoms with Crippen LogP contribution in [-0.2, 0) is 9.59 Å². The summed E-state index contributed by atoms with van der Waals surface area (Å²) in [7, 11) is 1.56. The SMILES string of the molecule is COc1cccc(/C=C2\Oc3cc(OCC(=O)N[C@@H](C(=O)O)C(C)C)ccc3C2=O)c1. The number of aliphatic carboxylic acids is 1. The maximum atomic E-state index is 12.6. The number of rotatable bonds is 8. The summed E-state index contributed by atoms with van der Waals surface area (Å²) >= 11 is 0. The lowest BCUT2D eigenvalue weighted by Gasteiger charge is -2.18. The van der Waals surface area contributed by atoms with Crippen LogP contribution < -0.4 is 19.5 Å². The molecule has 2 aromatic carbocycles. The maximum Gasteiger partial charge on any atom is 0.326 e. The van der Waals surface area contributed by atoms with Gasteiger partial charge in [-0.3, -0.25) is 9.59 Å². The van der Waals surface area contributed by atoms with Gasteiger partial charge >= 0.3 is 5.97 Å². The highest BCUT2D eigenvalue weighted by Gasteiger charge is 2.28. The Bertz CT molecular complexity index is 1040. The van der Waals surface area contributed by atoms with Crippen molar-refractivity contribution in [1.29, 1.82) is 0 Å². The second kappa shape index (κ2) is 9.34. The van der Waals surface area contributed by atoms with Crippen LogP contribution in [0.25, 0.3) is 6.08 Å². The molecule has 1 aliphatic rings. The first-order chi connectivity index (χ1) is 14.8. The van der Waals surface area contributed by atoms with Gasteiger partial charge < -0.3 is 24.6 Å². The molecule has 2 aromatic rings. The number of methoxy groups -OCH3 is 1. The lowest BCUT2D eigenvalue weighted by Crippen LogP contribution is -2.46. The molecule has 1 atom stereocenters. The number of nitrogens with one attached hydrogen (secondary N) is 1. The zero-order valence-electron chi connectivity index (χ0n) is 17.4. The standard InChI is InChI=1S/C23H23NO7/c1-13(2)21(23(27)28)24-20(25)12-30-16-7-8-17-18(11-16)31-19(22(17)26)10-14-5-4-6-15(9-14)29-3/h4-11,13,21H,12H2,1-3H3,(H,24,25)(H,27,28)/b19-10-/t21-/m1/s1. The Kier molecular flexibility index (Phi) is 6.59. The molecule has 31 heavy (non-hydrogen) atoms. The fraction of sp³-hybridized carbons (Fsp3) is 0.261. The number of hydrogen-bond donors (Lipinski definition) is 2. The summed E-state index contributed by atoms with van der Waals surface area (Å²) in [6.45, 7) is 3.03. The van der Waals surface area contributed by atoms with E-state index in [4.69, 9.17) is 19.3 Å². The number of ether oxygens (including phenoxy) is 3. The summed E-state index contributed by atoms with van der Waals surface area (Å²) < 4.78 is 16.3. The summed E-state index contributed by atoms with van der Waals surface area (Å²) in [4.78, 5) is 35.8. The van der Waals surface area contributed by atoms with E-state index < -0.39 is 17.9 Å². The molecular formula is C23H23NO7. The minimum atomic E-state index is -1.11. The van der Waals surface area contributed by atoms with E-state index in [-0.39, 0.29) is 24.1 Å². The average molecular weight is 425 g/mol. The molecule has 1 heterocycles. The molecule has 1 aliphatic heterocycles. The van der Waals surface area contributed by atoms with Gasteiger partial charge in [0.1, 0.15) is 23.3 Å². The average Bonchev–Trinajstić information content (AvgIpc) is 3.04. The van der Waals surface area contributed by atoms with Crippen LogP contribution in [-0.4, -0.2) is 42.5 Å². The first-order valence-electron chi connectivity index (χ1n) is 9.66. The van der Waals surface area contributed by atoms with E-state index in [1.807, 2.05) is 12.1 Å². The van der Waals surface area contributed by atoms with Crippen LogP contribution in [0.5, 0.6) is 17.2 Å². The van der Waals surface area contributed by atoms with E-state index in [2.05, 4.69) is 5.32 Å². The van der Waals surface area contributed by atoms with Crippen molar-refractivity contribution in [2.75, 3.05) is 13.7 Å². The van der Waals surface area contributed by atoms with Crippen LogP contribution in [0.3, 0.4) is 0 Å². The molecule has 162 valence electrons. The molecule has 0 spiro atoms. The molecule has 8 nitrogen and oxygen atoms in total. The number of carbonyl (C=O) groups is 3. The Hall–Kier alpha value is -3.81. The van der Waals surface area contributed by atoms with E-state index in [9.17, 15) is 14.4 Å². The minimum absolute atomic E-state index is 0.166. The Balaban J connectivity index is 1.67. The third-order valence-electron chi connectivity index (χ3n) is 4.65. The van der Waals surface area contributed by atoms with E-state index in [1.165, 1.54) is 6.07 Å². The molecule has 0 saturated carbocycles. The van der Waals surface area contributed by atoms with E-state index in [0.29, 0.717) is 22.8 Å². The number of allylic oxidation sites excluding steroid dienone is 1. The summed E-state index contributed by atoms with van der Waals surface area (Å²) in [6, 6.07) is 10.8. The molecule has 8 heteroatoms. The van der Waals surface area contributed by atoms with Crippen molar-refractivity contribution in [2.24, 2.45) is 5.92 Å². The van der Waals surface area contributed by atoms with Gasteiger partial charge in [-0.1, -0.05) is 26.0 Å². The normalized spacial score (nSPS) is 14.7. The van der Waals surface area contributed by atoms with Gasteiger partial charge in [-0.15, -0.1) is 0 Å². The van der Waals surface area contributed by atoms with Gasteiger partial charge in [-0.25, -0.2) is 4.79 Å². The van der Waals surface area contributed by atoms with Crippen molar-refractivity contribution in [3.63, 3.8) is 0 Å². The molecule has 0 saturated heterocycles. The Labute approximate surface area is 179 Å². The lowest BCUT2D eigenvalue weighted by atomic mass is 10.1. The molecule has 0 fully saturated rings. The van der Waals surface area contributed by atoms with Crippen molar-refractivity contribution >= 4 is 23.7 Å². The molecule has 2 N–H and O–H groups in total. The number of benzene rings is 2. The number of carboxylic acid groups (broad SMARTS) is 1.